The van der Waals surface area contributed by atoms with Crippen LogP contribution in [-0.2, 0) is 0 Å². The van der Waals surface area contributed by atoms with Crippen LogP contribution in [0.1, 0.15) is 10.4 Å². The first kappa shape index (κ1) is 20.6. The Labute approximate surface area is 149 Å². The van der Waals surface area contributed by atoms with Gasteiger partial charge in [0.2, 0.25) is 0 Å². The minimum atomic E-state index is -1.85. The van der Waals surface area contributed by atoms with Crippen molar-refractivity contribution in [3.8, 4) is 0 Å². The number of hydrogen-bond acceptors (Lipinski definition) is 1. The van der Waals surface area contributed by atoms with Gasteiger partial charge in [-0.3, -0.25) is 0 Å². The van der Waals surface area contributed by atoms with E-state index in [1.165, 1.54) is 0 Å². The van der Waals surface area contributed by atoms with Gasteiger partial charge >= 0.3 is 152 Å². The van der Waals surface area contributed by atoms with E-state index in [4.69, 9.17) is 0 Å². The van der Waals surface area contributed by atoms with Crippen molar-refractivity contribution in [1.82, 2.24) is 0 Å². The van der Waals surface area contributed by atoms with E-state index in [-0.39, 0.29) is 5.78 Å². The molecule has 0 amide bonds. The van der Waals surface area contributed by atoms with Gasteiger partial charge in [0.15, 0.2) is 0 Å². The Morgan fingerprint density at radius 3 is 1.83 bits per heavy atom. The average Bonchev–Trinajstić information content (AvgIpc) is 2.14. The zero-order valence-corrected chi connectivity index (χ0v) is 21.9. The summed E-state index contributed by atoms with van der Waals surface area (Å²) >= 11 is 16.0. The summed E-state index contributed by atoms with van der Waals surface area (Å²) in [5.41, 5.74) is 0.834. The molecule has 0 atom stereocenters. The van der Waals surface area contributed by atoms with E-state index in [1.54, 1.807) is 0 Å². The summed E-state index contributed by atoms with van der Waals surface area (Å²) in [6, 6.07) is 7.57. The fourth-order valence-corrected chi connectivity index (χ4v) is 2.70. The van der Waals surface area contributed by atoms with Gasteiger partial charge in [0.05, 0.1) is 0 Å². The molecule has 0 aliphatic heterocycles. The summed E-state index contributed by atoms with van der Waals surface area (Å²) in [7, 11) is -1.85. The third-order valence-corrected chi connectivity index (χ3v) is 3.88. The van der Waals surface area contributed by atoms with Crippen molar-refractivity contribution in [3.05, 3.63) is 34.3 Å². The molecule has 0 bridgehead atoms. The van der Waals surface area contributed by atoms with Crippen LogP contribution in [0.3, 0.4) is 0 Å². The summed E-state index contributed by atoms with van der Waals surface area (Å²) in [6.45, 7) is 0. The Kier molecular flexibility index (Phi) is 11.9. The molecular formula is C10H12Br5OSbSe. The molecule has 1 aromatic carbocycles. The molecule has 0 saturated carbocycles. The fraction of sp³-hybridized carbons (Fsp3) is 0.300. The number of halogens is 5. The molecule has 8 heteroatoms. The first-order valence-corrected chi connectivity index (χ1v) is 32.9. The van der Waals surface area contributed by atoms with E-state index in [1.807, 2.05) is 24.3 Å². The van der Waals surface area contributed by atoms with E-state index < -0.39 is 23.7 Å². The quantitative estimate of drug-likeness (QED) is 0.259. The fourth-order valence-electron chi connectivity index (χ4n) is 0.981. The predicted molar refractivity (Wildman–Crippen MR) is 102 cm³/mol. The van der Waals surface area contributed by atoms with Crippen molar-refractivity contribution in [2.24, 2.45) is 0 Å². The van der Waals surface area contributed by atoms with Gasteiger partial charge in [-0.05, 0) is 0 Å². The summed E-state index contributed by atoms with van der Waals surface area (Å²) in [4.78, 5) is 11.6. The Balaban J connectivity index is 0.000000494. The van der Waals surface area contributed by atoms with Crippen molar-refractivity contribution in [2.45, 2.75) is 17.0 Å². The number of carbonyl (C=O) groups is 1. The molecule has 0 aromatic heterocycles. The number of carbonyl (C=O) groups excluding carboxylic acids is 1. The van der Waals surface area contributed by atoms with Crippen LogP contribution in [0.5, 0.6) is 0 Å². The standard InChI is InChI=1S/C10H12BrOSe.4BrH.Sb/c1-13(2)7-10(12)8-3-5-9(11)6-4-8;;;;;/h3-6H,7H2,1-2H3;4*1H;/q+1;;;;;+3/p-4. The van der Waals surface area contributed by atoms with Gasteiger partial charge in [0.1, 0.15) is 0 Å². The number of Topliss-reactive ketones (excluding diaryl/α,β-unsaturated/α-hetero) is 1. The molecule has 104 valence electrons. The Morgan fingerprint density at radius 2 is 1.50 bits per heavy atom. The average molecular weight is 748 g/mol. The molecule has 1 aromatic rings. The number of rotatable bonds is 3. The van der Waals surface area contributed by atoms with Gasteiger partial charge in [0, 0.05) is 0 Å². The van der Waals surface area contributed by atoms with Crippen LogP contribution < -0.4 is 0 Å². The molecular weight excluding hydrogens is 736 g/mol. The molecule has 0 aliphatic rings. The van der Waals surface area contributed by atoms with E-state index in [0.717, 1.165) is 15.4 Å². The zero-order valence-electron chi connectivity index (χ0n) is 9.67. The third-order valence-electron chi connectivity index (χ3n) is 1.59. The van der Waals surface area contributed by atoms with Gasteiger partial charge in [-0.1, -0.05) is 0 Å². The van der Waals surface area contributed by atoms with Gasteiger partial charge in [0.25, 0.3) is 0 Å². The van der Waals surface area contributed by atoms with E-state index in [9.17, 15) is 4.79 Å². The molecule has 0 fully saturated rings. The van der Waals surface area contributed by atoms with Gasteiger partial charge in [-0.15, -0.1) is 0 Å². The van der Waals surface area contributed by atoms with Gasteiger partial charge in [-0.25, -0.2) is 0 Å². The molecule has 0 saturated heterocycles. The second-order valence-electron chi connectivity index (χ2n) is 3.44. The minimum absolute atomic E-state index is 0.280. The molecule has 0 aliphatic carbocycles. The molecule has 0 unspecified atom stereocenters. The first-order valence-electron chi connectivity index (χ1n) is 4.60. The molecule has 1 rings (SSSR count). The Morgan fingerprint density at radius 1 is 1.11 bits per heavy atom. The summed E-state index contributed by atoms with van der Waals surface area (Å²) < 4.78 is 1.02. The first-order chi connectivity index (χ1) is 8.09. The van der Waals surface area contributed by atoms with Crippen molar-refractivity contribution in [2.75, 3.05) is 0 Å². The zero-order chi connectivity index (χ0) is 14.3. The van der Waals surface area contributed by atoms with Gasteiger partial charge in [-0.2, -0.15) is 0 Å². The SMILES string of the molecule is C[Se+](C)CC(=O)c1ccc(Br)cc1.[Br][Sb-]([Br])([Br])[Br]. The maximum absolute atomic E-state index is 11.6. The molecule has 0 heterocycles. The monoisotopic (exact) mass is 744 g/mol. The van der Waals surface area contributed by atoms with E-state index in [2.05, 4.69) is 78.0 Å². The number of benzene rings is 1. The van der Waals surface area contributed by atoms with Crippen LogP contribution in [0.25, 0.3) is 0 Å². The molecule has 0 radical (unpaired) electrons. The van der Waals surface area contributed by atoms with Crippen LogP contribution in [-0.4, -0.2) is 29.5 Å². The maximum atomic E-state index is 11.6. The van der Waals surface area contributed by atoms with Crippen molar-refractivity contribution in [1.29, 1.82) is 0 Å². The van der Waals surface area contributed by atoms with Gasteiger partial charge < -0.3 is 0 Å². The van der Waals surface area contributed by atoms with Crippen molar-refractivity contribution >= 4 is 95.8 Å². The second-order valence-corrected chi connectivity index (χ2v) is 78.1. The van der Waals surface area contributed by atoms with E-state index in [0.29, 0.717) is 0 Å². The Hall–Kier alpha value is 2.63. The van der Waals surface area contributed by atoms with Crippen molar-refractivity contribution < 1.29 is 4.79 Å². The van der Waals surface area contributed by atoms with Crippen LogP contribution in [0.2, 0.25) is 17.0 Å². The second kappa shape index (κ2) is 10.4. The van der Waals surface area contributed by atoms with Crippen LogP contribution in [0, 0.1) is 0 Å². The third kappa shape index (κ3) is 13.6. The normalized spacial score (nSPS) is 11.8. The van der Waals surface area contributed by atoms with Crippen molar-refractivity contribution in [3.63, 3.8) is 0 Å². The number of hydrogen-bond donors (Lipinski definition) is 0. The topological polar surface area (TPSA) is 17.1 Å². The molecule has 0 N–H and O–H groups in total. The van der Waals surface area contributed by atoms with Crippen LogP contribution in [0.4, 0.5) is 0 Å². The number of ketones is 1. The predicted octanol–water partition coefficient (Wildman–Crippen LogP) is 6.39. The van der Waals surface area contributed by atoms with Crippen LogP contribution in [0.15, 0.2) is 28.7 Å². The summed E-state index contributed by atoms with van der Waals surface area (Å²) in [5, 5.41) is 0.752. The summed E-state index contributed by atoms with van der Waals surface area (Å²) in [5.74, 6) is 4.63. The van der Waals surface area contributed by atoms with Crippen LogP contribution >= 0.6 is 66.3 Å². The molecule has 18 heavy (non-hydrogen) atoms. The molecule has 1 nitrogen and oxygen atoms in total. The Bertz CT molecular complexity index is 371. The van der Waals surface area contributed by atoms with E-state index >= 15 is 0 Å². The molecule has 0 spiro atoms. The summed E-state index contributed by atoms with van der Waals surface area (Å²) in [6.07, 6.45) is 0.